The van der Waals surface area contributed by atoms with Gasteiger partial charge in [0, 0.05) is 4.47 Å². The van der Waals surface area contributed by atoms with E-state index >= 15 is 0 Å². The lowest BCUT2D eigenvalue weighted by Gasteiger charge is -2.09. The first kappa shape index (κ1) is 11.8. The quantitative estimate of drug-likeness (QED) is 0.788. The first-order chi connectivity index (χ1) is 7.17. The Morgan fingerprint density at radius 1 is 1.33 bits per heavy atom. The fraction of sp³-hybridized carbons (Fsp3) is 0.300. The summed E-state index contributed by atoms with van der Waals surface area (Å²) >= 11 is 3.30. The van der Waals surface area contributed by atoms with Gasteiger partial charge < -0.3 is 14.2 Å². The third-order valence-electron chi connectivity index (χ3n) is 1.70. The Bertz CT molecular complexity index is 351. The van der Waals surface area contributed by atoms with Gasteiger partial charge in [0.15, 0.2) is 18.1 Å². The molecule has 0 saturated carbocycles. The van der Waals surface area contributed by atoms with Gasteiger partial charge in [-0.1, -0.05) is 15.9 Å². The molecule has 4 nitrogen and oxygen atoms in total. The van der Waals surface area contributed by atoms with Crippen molar-refractivity contribution in [3.8, 4) is 11.5 Å². The molecule has 0 heterocycles. The van der Waals surface area contributed by atoms with Crippen LogP contribution in [-0.4, -0.2) is 26.8 Å². The average Bonchev–Trinajstić information content (AvgIpc) is 2.26. The number of halogens is 1. The fourth-order valence-electron chi connectivity index (χ4n) is 0.959. The van der Waals surface area contributed by atoms with Gasteiger partial charge in [-0.15, -0.1) is 0 Å². The maximum Gasteiger partial charge on any atom is 0.343 e. The third-order valence-corrected chi connectivity index (χ3v) is 2.19. The molecule has 0 atom stereocenters. The summed E-state index contributed by atoms with van der Waals surface area (Å²) < 4.78 is 15.6. The Labute approximate surface area is 96.3 Å². The minimum atomic E-state index is -0.433. The Hall–Kier alpha value is -1.23. The minimum Gasteiger partial charge on any atom is -0.493 e. The van der Waals surface area contributed by atoms with Crippen molar-refractivity contribution in [2.45, 2.75) is 0 Å². The van der Waals surface area contributed by atoms with Crippen LogP contribution in [0.4, 0.5) is 0 Å². The molecule has 0 fully saturated rings. The monoisotopic (exact) mass is 274 g/mol. The summed E-state index contributed by atoms with van der Waals surface area (Å²) in [5.41, 5.74) is 0. The van der Waals surface area contributed by atoms with E-state index in [0.29, 0.717) is 11.5 Å². The van der Waals surface area contributed by atoms with Crippen LogP contribution in [0.5, 0.6) is 11.5 Å². The number of carbonyl (C=O) groups excluding carboxylic acids is 1. The number of esters is 1. The zero-order chi connectivity index (χ0) is 11.3. The summed E-state index contributed by atoms with van der Waals surface area (Å²) in [4.78, 5) is 10.9. The van der Waals surface area contributed by atoms with Crippen LogP contribution in [0.3, 0.4) is 0 Å². The Morgan fingerprint density at radius 3 is 2.67 bits per heavy atom. The van der Waals surface area contributed by atoms with Crippen molar-refractivity contribution in [3.63, 3.8) is 0 Å². The van der Waals surface area contributed by atoms with Gasteiger partial charge in [-0.3, -0.25) is 0 Å². The van der Waals surface area contributed by atoms with E-state index < -0.39 is 5.97 Å². The van der Waals surface area contributed by atoms with Crippen molar-refractivity contribution in [2.75, 3.05) is 20.8 Å². The lowest BCUT2D eigenvalue weighted by Crippen LogP contribution is -2.12. The molecule has 82 valence electrons. The number of hydrogen-bond acceptors (Lipinski definition) is 4. The number of rotatable bonds is 4. The molecule has 0 aliphatic heterocycles. The van der Waals surface area contributed by atoms with Crippen molar-refractivity contribution in [2.24, 2.45) is 0 Å². The first-order valence-electron chi connectivity index (χ1n) is 4.20. The molecule has 0 amide bonds. The molecule has 0 aliphatic rings. The van der Waals surface area contributed by atoms with Crippen molar-refractivity contribution in [3.05, 3.63) is 22.7 Å². The normalized spacial score (nSPS) is 9.53. The van der Waals surface area contributed by atoms with Crippen LogP contribution >= 0.6 is 15.9 Å². The van der Waals surface area contributed by atoms with Crippen LogP contribution < -0.4 is 9.47 Å². The van der Waals surface area contributed by atoms with E-state index in [9.17, 15) is 4.79 Å². The second-order valence-electron chi connectivity index (χ2n) is 2.66. The molecule has 0 unspecified atom stereocenters. The molecule has 0 radical (unpaired) electrons. The van der Waals surface area contributed by atoms with Gasteiger partial charge in [-0.25, -0.2) is 4.79 Å². The van der Waals surface area contributed by atoms with E-state index in [4.69, 9.17) is 9.47 Å². The highest BCUT2D eigenvalue weighted by atomic mass is 79.9. The molecule has 15 heavy (non-hydrogen) atoms. The number of benzene rings is 1. The molecule has 0 aromatic heterocycles. The van der Waals surface area contributed by atoms with Gasteiger partial charge in [0.25, 0.3) is 0 Å². The average molecular weight is 275 g/mol. The van der Waals surface area contributed by atoms with Gasteiger partial charge >= 0.3 is 5.97 Å². The summed E-state index contributed by atoms with van der Waals surface area (Å²) in [6.07, 6.45) is 0. The van der Waals surface area contributed by atoms with Crippen molar-refractivity contribution < 1.29 is 19.0 Å². The lowest BCUT2D eigenvalue weighted by atomic mass is 10.3. The topological polar surface area (TPSA) is 44.8 Å². The largest absolute Gasteiger partial charge is 0.493 e. The van der Waals surface area contributed by atoms with Gasteiger partial charge in [0.2, 0.25) is 0 Å². The fourth-order valence-corrected chi connectivity index (χ4v) is 1.30. The van der Waals surface area contributed by atoms with E-state index in [0.717, 1.165) is 4.47 Å². The summed E-state index contributed by atoms with van der Waals surface area (Å²) in [5, 5.41) is 0. The maximum atomic E-state index is 10.9. The van der Waals surface area contributed by atoms with Crippen LogP contribution in [0.2, 0.25) is 0 Å². The van der Waals surface area contributed by atoms with E-state index in [1.54, 1.807) is 12.1 Å². The lowest BCUT2D eigenvalue weighted by molar-refractivity contribution is -0.142. The molecular weight excluding hydrogens is 264 g/mol. The Kier molecular flexibility index (Phi) is 4.42. The molecule has 0 aliphatic carbocycles. The number of methoxy groups -OCH3 is 2. The van der Waals surface area contributed by atoms with E-state index in [1.165, 1.54) is 14.2 Å². The van der Waals surface area contributed by atoms with Crippen molar-refractivity contribution >= 4 is 21.9 Å². The van der Waals surface area contributed by atoms with Crippen LogP contribution in [0.1, 0.15) is 0 Å². The Morgan fingerprint density at radius 2 is 2.07 bits per heavy atom. The summed E-state index contributed by atoms with van der Waals surface area (Å²) in [5.74, 6) is 0.636. The molecule has 0 spiro atoms. The van der Waals surface area contributed by atoms with Crippen molar-refractivity contribution in [1.82, 2.24) is 0 Å². The SMILES string of the molecule is COC(=O)COc1cc(Br)ccc1OC. The van der Waals surface area contributed by atoms with Gasteiger partial charge in [-0.05, 0) is 18.2 Å². The predicted molar refractivity (Wildman–Crippen MR) is 58.2 cm³/mol. The smallest absolute Gasteiger partial charge is 0.343 e. The highest BCUT2D eigenvalue weighted by Crippen LogP contribution is 2.30. The van der Waals surface area contributed by atoms with E-state index in [1.807, 2.05) is 6.07 Å². The van der Waals surface area contributed by atoms with E-state index in [2.05, 4.69) is 20.7 Å². The van der Waals surface area contributed by atoms with Crippen LogP contribution in [0.25, 0.3) is 0 Å². The number of ether oxygens (including phenoxy) is 3. The second-order valence-corrected chi connectivity index (χ2v) is 3.58. The highest BCUT2D eigenvalue weighted by molar-refractivity contribution is 9.10. The second kappa shape index (κ2) is 5.60. The van der Waals surface area contributed by atoms with Crippen LogP contribution in [0, 0.1) is 0 Å². The van der Waals surface area contributed by atoms with Gasteiger partial charge in [-0.2, -0.15) is 0 Å². The molecular formula is C10H11BrO4. The summed E-state index contributed by atoms with van der Waals surface area (Å²) in [6.45, 7) is -0.136. The molecule has 1 aromatic rings. The number of hydrogen-bond donors (Lipinski definition) is 0. The van der Waals surface area contributed by atoms with Crippen LogP contribution in [-0.2, 0) is 9.53 Å². The molecule has 0 bridgehead atoms. The molecule has 0 N–H and O–H groups in total. The Balaban J connectivity index is 2.74. The van der Waals surface area contributed by atoms with Crippen LogP contribution in [0.15, 0.2) is 22.7 Å². The maximum absolute atomic E-state index is 10.9. The first-order valence-corrected chi connectivity index (χ1v) is 5.00. The van der Waals surface area contributed by atoms with Gasteiger partial charge in [0.1, 0.15) is 0 Å². The van der Waals surface area contributed by atoms with E-state index in [-0.39, 0.29) is 6.61 Å². The predicted octanol–water partition coefficient (Wildman–Crippen LogP) is 2.01. The zero-order valence-electron chi connectivity index (χ0n) is 8.45. The highest BCUT2D eigenvalue weighted by Gasteiger charge is 2.07. The van der Waals surface area contributed by atoms with Crippen molar-refractivity contribution in [1.29, 1.82) is 0 Å². The third kappa shape index (κ3) is 3.43. The molecule has 1 rings (SSSR count). The standard InChI is InChI=1S/C10H11BrO4/c1-13-8-4-3-7(11)5-9(8)15-6-10(12)14-2/h3-5H,6H2,1-2H3. The summed E-state index contributed by atoms with van der Waals surface area (Å²) in [7, 11) is 2.85. The minimum absolute atomic E-state index is 0.136. The molecule has 5 heteroatoms. The zero-order valence-corrected chi connectivity index (χ0v) is 10.0. The number of carbonyl (C=O) groups is 1. The van der Waals surface area contributed by atoms with Gasteiger partial charge in [0.05, 0.1) is 14.2 Å². The molecule has 1 aromatic carbocycles. The molecule has 0 saturated heterocycles. The summed E-state index contributed by atoms with van der Waals surface area (Å²) in [6, 6.07) is 5.29.